The lowest BCUT2D eigenvalue weighted by Gasteiger charge is -2.25. The Morgan fingerprint density at radius 2 is 0.748 bits per heavy atom. The molecule has 127 heavy (non-hydrogen) atoms. The number of hydrogen-bond acceptors (Lipinski definition) is 21. The Hall–Kier alpha value is -12.9. The van der Waals surface area contributed by atoms with Gasteiger partial charge >= 0.3 is 24.1 Å². The van der Waals surface area contributed by atoms with Crippen molar-refractivity contribution in [3.05, 3.63) is 233 Å². The highest BCUT2D eigenvalue weighted by atomic mass is 35.5. The molecule has 4 atom stereocenters. The largest absolute Gasteiger partial charge is 0.343 e. The lowest BCUT2D eigenvalue weighted by atomic mass is 10.0. The van der Waals surface area contributed by atoms with Gasteiger partial charge in [-0.15, -0.1) is 0 Å². The van der Waals surface area contributed by atoms with E-state index in [1.165, 1.54) is 5.56 Å². The van der Waals surface area contributed by atoms with Crippen molar-refractivity contribution in [2.24, 2.45) is 23.7 Å². The van der Waals surface area contributed by atoms with E-state index in [1.807, 2.05) is 119 Å². The Kier molecular flexibility index (Phi) is 23.9. The zero-order chi connectivity index (χ0) is 89.0. The minimum Gasteiger partial charge on any atom is -0.343 e. The molecular formula is C91H104Cl3N29O4. The van der Waals surface area contributed by atoms with Gasteiger partial charge in [-0.2, -0.15) is 19.9 Å². The van der Waals surface area contributed by atoms with Crippen LogP contribution < -0.4 is 56.8 Å². The molecule has 33 nitrogen and oxygen atoms in total. The summed E-state index contributed by atoms with van der Waals surface area (Å²) in [6.45, 7) is 25.5. The van der Waals surface area contributed by atoms with Crippen LogP contribution in [0.2, 0.25) is 15.1 Å². The van der Waals surface area contributed by atoms with Crippen molar-refractivity contribution in [3.63, 3.8) is 0 Å². The second-order valence-corrected chi connectivity index (χ2v) is 36.8. The predicted octanol–water partition coefficient (Wildman–Crippen LogP) is 15.9. The van der Waals surface area contributed by atoms with Gasteiger partial charge in [-0.3, -0.25) is 24.2 Å². The van der Waals surface area contributed by atoms with Crippen molar-refractivity contribution in [1.29, 1.82) is 0 Å². The van der Waals surface area contributed by atoms with Crippen molar-refractivity contribution in [2.45, 2.75) is 174 Å². The van der Waals surface area contributed by atoms with Gasteiger partial charge in [-0.1, -0.05) is 114 Å². The van der Waals surface area contributed by atoms with E-state index in [0.717, 1.165) is 113 Å². The summed E-state index contributed by atoms with van der Waals surface area (Å²) in [4.78, 5) is 118. The van der Waals surface area contributed by atoms with Gasteiger partial charge in [0, 0.05) is 121 Å². The smallest absolute Gasteiger partial charge is 0.325 e. The van der Waals surface area contributed by atoms with Gasteiger partial charge < -0.3 is 55.8 Å². The molecular weight excluding hydrogens is 1670 g/mol. The number of carbonyl (C=O) groups excluding carboxylic acids is 4. The van der Waals surface area contributed by atoms with Crippen LogP contribution in [0.3, 0.4) is 0 Å². The first-order valence-corrected chi connectivity index (χ1v) is 44.3. The van der Waals surface area contributed by atoms with E-state index in [1.54, 1.807) is 98.6 Å². The molecule has 0 radical (unpaired) electrons. The number of carbonyl (C=O) groups is 4. The number of halogens is 3. The average Bonchev–Trinajstić information content (AvgIpc) is 1.60. The molecule has 9 aromatic heterocycles. The Labute approximate surface area is 751 Å². The predicted molar refractivity (Wildman–Crippen MR) is 490 cm³/mol. The number of hydrogen-bond donors (Lipinski definition) is 7. The van der Waals surface area contributed by atoms with E-state index < -0.39 is 0 Å². The summed E-state index contributed by atoms with van der Waals surface area (Å²) in [6, 6.07) is 30.7. The fourth-order valence-corrected chi connectivity index (χ4v) is 17.2. The molecule has 4 saturated heterocycles. The molecule has 0 spiro atoms. The molecule has 0 bridgehead atoms. The van der Waals surface area contributed by atoms with Gasteiger partial charge in [0.25, 0.3) is 0 Å². The number of aromatic nitrogens is 17. The van der Waals surface area contributed by atoms with Crippen LogP contribution in [0.5, 0.6) is 0 Å². The lowest BCUT2D eigenvalue weighted by molar-refractivity contribution is 0.229. The third-order valence-electron chi connectivity index (χ3n) is 24.7. The molecule has 8 aliphatic rings. The van der Waals surface area contributed by atoms with Crippen LogP contribution in [-0.2, 0) is 22.2 Å². The number of anilines is 8. The first kappa shape index (κ1) is 86.2. The molecule has 4 saturated carbocycles. The Balaban J connectivity index is 0.000000119. The molecule has 12 aromatic rings. The Bertz CT molecular complexity index is 6030. The van der Waals surface area contributed by atoms with Gasteiger partial charge in [0.05, 0.1) is 88.1 Å². The third kappa shape index (κ3) is 18.5. The highest BCUT2D eigenvalue weighted by Crippen LogP contribution is 2.51. The Morgan fingerprint density at radius 1 is 0.378 bits per heavy atom. The minimum atomic E-state index is -0.338. The molecule has 13 heterocycles. The molecule has 7 N–H and O–H groups in total. The van der Waals surface area contributed by atoms with Crippen LogP contribution in [0.4, 0.5) is 66.2 Å². The second kappa shape index (κ2) is 35.2. The number of pyridine rings is 1. The maximum Gasteiger partial charge on any atom is 0.325 e. The first-order chi connectivity index (χ1) is 61.0. The first-order valence-electron chi connectivity index (χ1n) is 43.1. The van der Waals surface area contributed by atoms with E-state index in [4.69, 9.17) is 39.8 Å². The topological polar surface area (TPSA) is 356 Å². The fraction of sp³-hybridized carbons (Fsp3) is 0.396. The van der Waals surface area contributed by atoms with Gasteiger partial charge in [0.1, 0.15) is 35.4 Å². The molecule has 36 heteroatoms. The molecule has 658 valence electrons. The Morgan fingerprint density at radius 3 is 1.11 bits per heavy atom. The lowest BCUT2D eigenvalue weighted by Crippen LogP contribution is -2.38. The molecule has 4 aliphatic carbocycles. The van der Waals surface area contributed by atoms with Crippen molar-refractivity contribution in [3.8, 4) is 22.9 Å². The molecule has 4 aliphatic heterocycles. The summed E-state index contributed by atoms with van der Waals surface area (Å²) in [7, 11) is 1.82. The molecule has 0 unspecified atom stereocenters. The number of rotatable bonds is 24. The zero-order valence-corrected chi connectivity index (χ0v) is 75.2. The normalized spacial score (nSPS) is 19.5. The number of benzene rings is 3. The molecule has 8 fully saturated rings. The van der Waals surface area contributed by atoms with Gasteiger partial charge in [0.15, 0.2) is 0 Å². The standard InChI is InChI=1S/C23H25Cl2N7O.C23H26ClN7O.C23H27N7O.C22H26N8O/c1-14(2)18-11-30(3)22(33)32(18)20-4-7-26-21(28-20)29-23(5-6-23)19-12-31(13-27-19)17-9-15(24)8-16(25)10-17;1-14(2)18-11-26-22(32)31(18)20-6-9-25-21(28-20)29-23(7-8-23)19-12-30(13-27-19)16-5-4-15(3)17(24)10-16;1-15(2)18-12-25-22(31)30(18)20-7-10-24-21(27-20)28-23(8-9-23)19-13-29(14-26-19)17-6-4-5-16(3)11-17;1-14(2)16-11-25-21(31)30(16)19-6-9-23-20(27-19)28-22(7-8-22)17-12-29(13-26-17)18-5-4-15(3)10-24-18/h4,7-10,12-14,18H,5-6,11H2,1-3H3,(H,26,28,29);4-6,9-10,12-14,18H,7-8,11H2,1-3H3,(H,26,32)(H,25,28,29);4-7,10-11,13-15,18H,8-9,12H2,1-3H3,(H,25,31)(H,24,27,28);4-6,9-10,12-14,16H,7-8,11H2,1-3H3,(H,25,31)(H,23,27,28)/t3*18-;16-/m1111/s1. The number of nitrogens with one attached hydrogen (secondary N) is 7. The monoisotopic (exact) mass is 1770 g/mol. The van der Waals surface area contributed by atoms with E-state index in [0.29, 0.717) is 107 Å². The van der Waals surface area contributed by atoms with Crippen LogP contribution >= 0.6 is 34.8 Å². The summed E-state index contributed by atoms with van der Waals surface area (Å²) < 4.78 is 7.85. The van der Waals surface area contributed by atoms with E-state index in [2.05, 4.69) is 184 Å². The van der Waals surface area contributed by atoms with Crippen LogP contribution in [0.15, 0.2) is 178 Å². The summed E-state index contributed by atoms with van der Waals surface area (Å²) >= 11 is 18.6. The van der Waals surface area contributed by atoms with Crippen molar-refractivity contribution in [2.75, 3.05) is 74.1 Å². The van der Waals surface area contributed by atoms with Crippen LogP contribution in [-0.4, -0.2) is 169 Å². The number of likely N-dealkylation sites (N-methyl/N-ethyl adjacent to an activating group) is 1. The second-order valence-electron chi connectivity index (χ2n) is 35.5. The van der Waals surface area contributed by atoms with Crippen LogP contribution in [0, 0.1) is 44.4 Å². The number of imidazole rings is 4. The summed E-state index contributed by atoms with van der Waals surface area (Å²) in [5.41, 5.74) is 8.81. The number of amides is 8. The molecule has 8 amide bonds. The van der Waals surface area contributed by atoms with Crippen LogP contribution in [0.1, 0.15) is 146 Å². The highest BCUT2D eigenvalue weighted by molar-refractivity contribution is 6.35. The minimum absolute atomic E-state index is 0.0431. The highest BCUT2D eigenvalue weighted by Gasteiger charge is 2.52. The van der Waals surface area contributed by atoms with Gasteiger partial charge in [-0.05, 0) is 185 Å². The fourth-order valence-electron chi connectivity index (χ4n) is 16.5. The number of aryl methyl sites for hydroxylation is 3. The summed E-state index contributed by atoms with van der Waals surface area (Å²) in [6.07, 6.45) is 31.4. The van der Waals surface area contributed by atoms with Gasteiger partial charge in [-0.25, -0.2) is 64.0 Å². The summed E-state index contributed by atoms with van der Waals surface area (Å²) in [5, 5.41) is 24.5. The van der Waals surface area contributed by atoms with E-state index >= 15 is 0 Å². The van der Waals surface area contributed by atoms with Crippen LogP contribution in [0.25, 0.3) is 22.9 Å². The number of urea groups is 4. The SMILES string of the molecule is CC(C)[C@H]1CN(C)C(=O)N1c1ccnc(NC2(c3cn(-c4cc(Cl)cc(Cl)c4)cn3)CC2)n1.Cc1ccc(-n2cnc(C3(Nc4nccc(N5C(=O)NC[C@@H]5C(C)C)n4)CC3)c2)cc1Cl.Cc1ccc(-n2cnc(C3(Nc4nccc(N5C(=O)NC[C@@H]5C(C)C)n4)CC3)c2)nc1.Cc1cccc(-n2cnc(C3(Nc4nccc(N5C(=O)NC[C@@H]5C(C)C)n4)CC3)c2)c1. The van der Waals surface area contributed by atoms with Gasteiger partial charge in [0.2, 0.25) is 23.8 Å². The van der Waals surface area contributed by atoms with Crippen molar-refractivity contribution < 1.29 is 19.2 Å². The van der Waals surface area contributed by atoms with E-state index in [9.17, 15) is 19.2 Å². The molecule has 3 aromatic carbocycles. The van der Waals surface area contributed by atoms with Crippen molar-refractivity contribution in [1.82, 2.24) is 104 Å². The quantitative estimate of drug-likeness (QED) is 0.0295. The number of nitrogens with zero attached hydrogens (tertiary/aromatic N) is 22. The summed E-state index contributed by atoms with van der Waals surface area (Å²) in [5.74, 6) is 6.53. The zero-order valence-electron chi connectivity index (χ0n) is 73.0. The molecule has 20 rings (SSSR count). The average molecular weight is 1770 g/mol. The van der Waals surface area contributed by atoms with E-state index in [-0.39, 0.29) is 70.4 Å². The third-order valence-corrected chi connectivity index (χ3v) is 25.6. The maximum absolute atomic E-state index is 12.8. The van der Waals surface area contributed by atoms with Crippen molar-refractivity contribution >= 4 is 106 Å². The maximum atomic E-state index is 12.8.